The molecule has 0 saturated carbocycles. The van der Waals surface area contributed by atoms with E-state index in [1.807, 2.05) is 43.9 Å². The molecular weight excluding hydrogens is 340 g/mol. The lowest BCUT2D eigenvalue weighted by Gasteiger charge is -2.35. The van der Waals surface area contributed by atoms with Gasteiger partial charge in [0.15, 0.2) is 0 Å². The molecule has 0 bridgehead atoms. The van der Waals surface area contributed by atoms with Crippen molar-refractivity contribution in [2.75, 3.05) is 31.1 Å². The van der Waals surface area contributed by atoms with Crippen LogP contribution in [0.2, 0.25) is 5.02 Å². The highest BCUT2D eigenvalue weighted by molar-refractivity contribution is 6.30. The van der Waals surface area contributed by atoms with Crippen LogP contribution in [-0.4, -0.2) is 42.1 Å². The summed E-state index contributed by atoms with van der Waals surface area (Å²) in [4.78, 5) is 20.9. The molecule has 3 heterocycles. The predicted octanol–water partition coefficient (Wildman–Crippen LogP) is 3.54. The summed E-state index contributed by atoms with van der Waals surface area (Å²) < 4.78 is 5.55. The van der Waals surface area contributed by atoms with Gasteiger partial charge in [0.25, 0.3) is 0 Å². The smallest absolute Gasteiger partial charge is 0.317 e. The SMILES string of the molecule is Cc1cc(C(C)NC(=O)N2CCN(c3ccc(Cl)cn3)CC2)c(C)o1. The number of amides is 2. The topological polar surface area (TPSA) is 61.6 Å². The van der Waals surface area contributed by atoms with Gasteiger partial charge in [-0.1, -0.05) is 11.6 Å². The number of aromatic nitrogens is 1. The van der Waals surface area contributed by atoms with E-state index in [-0.39, 0.29) is 12.1 Å². The molecule has 0 aromatic carbocycles. The number of nitrogens with one attached hydrogen (secondary N) is 1. The molecule has 1 saturated heterocycles. The van der Waals surface area contributed by atoms with E-state index in [4.69, 9.17) is 16.0 Å². The lowest BCUT2D eigenvalue weighted by atomic mass is 10.1. The first kappa shape index (κ1) is 17.6. The third-order valence-electron chi connectivity index (χ3n) is 4.49. The zero-order chi connectivity index (χ0) is 18.0. The zero-order valence-corrected chi connectivity index (χ0v) is 15.5. The van der Waals surface area contributed by atoms with Crippen LogP contribution in [0.25, 0.3) is 0 Å². The number of furan rings is 1. The van der Waals surface area contributed by atoms with Gasteiger partial charge in [-0.15, -0.1) is 0 Å². The van der Waals surface area contributed by atoms with Crippen molar-refractivity contribution in [3.05, 3.63) is 46.5 Å². The number of piperazine rings is 1. The Morgan fingerprint density at radius 1 is 1.28 bits per heavy atom. The molecule has 1 unspecified atom stereocenters. The van der Waals surface area contributed by atoms with E-state index < -0.39 is 0 Å². The van der Waals surface area contributed by atoms with Gasteiger partial charge in [-0.05, 0) is 39.0 Å². The zero-order valence-electron chi connectivity index (χ0n) is 14.8. The first-order valence-electron chi connectivity index (χ1n) is 8.43. The maximum Gasteiger partial charge on any atom is 0.317 e. The highest BCUT2D eigenvalue weighted by atomic mass is 35.5. The van der Waals surface area contributed by atoms with Gasteiger partial charge < -0.3 is 19.5 Å². The standard InChI is InChI=1S/C18H23ClN4O2/c1-12-10-16(14(3)25-12)13(2)21-18(24)23-8-6-22(7-9-23)17-5-4-15(19)11-20-17/h4-5,10-11,13H,6-9H2,1-3H3,(H,21,24). The lowest BCUT2D eigenvalue weighted by molar-refractivity contribution is 0.191. The van der Waals surface area contributed by atoms with Crippen LogP contribution >= 0.6 is 11.6 Å². The molecule has 0 aliphatic carbocycles. The molecule has 0 spiro atoms. The number of urea groups is 1. The van der Waals surface area contributed by atoms with Crippen molar-refractivity contribution in [1.29, 1.82) is 0 Å². The molecule has 0 radical (unpaired) electrons. The molecule has 2 aromatic heterocycles. The molecule has 1 atom stereocenters. The van der Waals surface area contributed by atoms with Crippen LogP contribution in [-0.2, 0) is 0 Å². The summed E-state index contributed by atoms with van der Waals surface area (Å²) in [6, 6.07) is 5.59. The van der Waals surface area contributed by atoms with Crippen LogP contribution in [0, 0.1) is 13.8 Å². The van der Waals surface area contributed by atoms with Gasteiger partial charge in [-0.25, -0.2) is 9.78 Å². The minimum absolute atomic E-state index is 0.0468. The summed E-state index contributed by atoms with van der Waals surface area (Å²) in [5, 5.41) is 3.68. The Morgan fingerprint density at radius 3 is 2.56 bits per heavy atom. The van der Waals surface area contributed by atoms with Crippen LogP contribution in [0.15, 0.2) is 28.8 Å². The van der Waals surface area contributed by atoms with E-state index in [1.165, 1.54) is 0 Å². The van der Waals surface area contributed by atoms with E-state index >= 15 is 0 Å². The quantitative estimate of drug-likeness (QED) is 0.907. The molecule has 1 aliphatic heterocycles. The largest absolute Gasteiger partial charge is 0.466 e. The highest BCUT2D eigenvalue weighted by Gasteiger charge is 2.24. The lowest BCUT2D eigenvalue weighted by Crippen LogP contribution is -2.52. The molecule has 6 nitrogen and oxygen atoms in total. The van der Waals surface area contributed by atoms with Crippen LogP contribution in [0.3, 0.4) is 0 Å². The number of nitrogens with zero attached hydrogens (tertiary/aromatic N) is 3. The summed E-state index contributed by atoms with van der Waals surface area (Å²) in [5.74, 6) is 2.60. The van der Waals surface area contributed by atoms with E-state index in [0.717, 1.165) is 36.0 Å². The Balaban J connectivity index is 1.54. The number of pyridine rings is 1. The maximum atomic E-state index is 12.5. The summed E-state index contributed by atoms with van der Waals surface area (Å²) >= 11 is 5.88. The van der Waals surface area contributed by atoms with E-state index in [0.29, 0.717) is 18.1 Å². The second-order valence-electron chi connectivity index (χ2n) is 6.35. The average molecular weight is 363 g/mol. The van der Waals surface area contributed by atoms with Gasteiger partial charge in [-0.3, -0.25) is 0 Å². The van der Waals surface area contributed by atoms with Crippen LogP contribution < -0.4 is 10.2 Å². The normalized spacial score (nSPS) is 16.0. The number of anilines is 1. The Labute approximate surface area is 152 Å². The number of halogens is 1. The third-order valence-corrected chi connectivity index (χ3v) is 4.71. The summed E-state index contributed by atoms with van der Waals surface area (Å²) in [7, 11) is 0. The predicted molar refractivity (Wildman–Crippen MR) is 98.2 cm³/mol. The van der Waals surface area contributed by atoms with Gasteiger partial charge in [0.2, 0.25) is 0 Å². The van der Waals surface area contributed by atoms with Crippen LogP contribution in [0.4, 0.5) is 10.6 Å². The fourth-order valence-electron chi connectivity index (χ4n) is 3.13. The van der Waals surface area contributed by atoms with Crippen LogP contribution in [0.1, 0.15) is 30.0 Å². The van der Waals surface area contributed by atoms with Crippen LogP contribution in [0.5, 0.6) is 0 Å². The molecule has 7 heteroatoms. The molecule has 1 fully saturated rings. The minimum Gasteiger partial charge on any atom is -0.466 e. The number of carbonyl (C=O) groups excluding carboxylic acids is 1. The van der Waals surface area contributed by atoms with E-state index in [2.05, 4.69) is 15.2 Å². The molecule has 2 amide bonds. The second kappa shape index (κ2) is 7.35. The monoisotopic (exact) mass is 362 g/mol. The number of hydrogen-bond acceptors (Lipinski definition) is 4. The fraction of sp³-hybridized carbons (Fsp3) is 0.444. The Bertz CT molecular complexity index is 736. The maximum absolute atomic E-state index is 12.5. The molecular formula is C18H23ClN4O2. The molecule has 1 N–H and O–H groups in total. The summed E-state index contributed by atoms with van der Waals surface area (Å²) in [6.07, 6.45) is 1.65. The second-order valence-corrected chi connectivity index (χ2v) is 6.78. The Kier molecular flexibility index (Phi) is 5.18. The van der Waals surface area contributed by atoms with Crippen molar-refractivity contribution in [3.8, 4) is 0 Å². The van der Waals surface area contributed by atoms with Crippen molar-refractivity contribution < 1.29 is 9.21 Å². The average Bonchev–Trinajstić information content (AvgIpc) is 2.94. The van der Waals surface area contributed by atoms with Gasteiger partial charge in [-0.2, -0.15) is 0 Å². The van der Waals surface area contributed by atoms with Crippen molar-refractivity contribution >= 4 is 23.4 Å². The minimum atomic E-state index is -0.0825. The van der Waals surface area contributed by atoms with Gasteiger partial charge in [0, 0.05) is 37.9 Å². The first-order valence-corrected chi connectivity index (χ1v) is 8.80. The fourth-order valence-corrected chi connectivity index (χ4v) is 3.24. The number of rotatable bonds is 3. The van der Waals surface area contributed by atoms with Crippen molar-refractivity contribution in [3.63, 3.8) is 0 Å². The summed E-state index contributed by atoms with van der Waals surface area (Å²) in [5.41, 5.74) is 1.02. The molecule has 1 aliphatic rings. The van der Waals surface area contributed by atoms with Gasteiger partial charge in [0.1, 0.15) is 17.3 Å². The number of aryl methyl sites for hydroxylation is 2. The van der Waals surface area contributed by atoms with Gasteiger partial charge in [0.05, 0.1) is 11.1 Å². The Hall–Kier alpha value is -2.21. The third kappa shape index (κ3) is 4.07. The van der Waals surface area contributed by atoms with Crippen molar-refractivity contribution in [1.82, 2.24) is 15.2 Å². The highest BCUT2D eigenvalue weighted by Crippen LogP contribution is 2.22. The van der Waals surface area contributed by atoms with Gasteiger partial charge >= 0.3 is 6.03 Å². The Morgan fingerprint density at radius 2 is 2.00 bits per heavy atom. The number of hydrogen-bond donors (Lipinski definition) is 1. The van der Waals surface area contributed by atoms with E-state index in [1.54, 1.807) is 6.20 Å². The molecule has 2 aromatic rings. The molecule has 3 rings (SSSR count). The molecule has 25 heavy (non-hydrogen) atoms. The first-order chi connectivity index (χ1) is 11.9. The summed E-state index contributed by atoms with van der Waals surface area (Å²) in [6.45, 7) is 8.63. The van der Waals surface area contributed by atoms with Crippen molar-refractivity contribution in [2.24, 2.45) is 0 Å². The molecule has 134 valence electrons. The number of carbonyl (C=O) groups is 1. The van der Waals surface area contributed by atoms with E-state index in [9.17, 15) is 4.79 Å². The van der Waals surface area contributed by atoms with Crippen molar-refractivity contribution in [2.45, 2.75) is 26.8 Å².